The summed E-state index contributed by atoms with van der Waals surface area (Å²) in [6.45, 7) is 5.86. The van der Waals surface area contributed by atoms with E-state index in [-0.39, 0.29) is 12.3 Å². The summed E-state index contributed by atoms with van der Waals surface area (Å²) in [5, 5.41) is 0. The zero-order chi connectivity index (χ0) is 13.5. The molecular formula is C13H18N4O. The van der Waals surface area contributed by atoms with E-state index in [0.717, 1.165) is 16.9 Å². The smallest absolute Gasteiger partial charge is 0.219 e. The van der Waals surface area contributed by atoms with Crippen LogP contribution in [-0.2, 0) is 10.3 Å². The highest BCUT2D eigenvalue weighted by atomic mass is 16.1. The van der Waals surface area contributed by atoms with Crippen LogP contribution in [0, 0.1) is 6.92 Å². The Hall–Kier alpha value is -2.04. The number of benzene rings is 1. The summed E-state index contributed by atoms with van der Waals surface area (Å²) in [5.74, 6) is 0.526. The van der Waals surface area contributed by atoms with Crippen molar-refractivity contribution in [3.63, 3.8) is 0 Å². The van der Waals surface area contributed by atoms with Crippen LogP contribution in [0.15, 0.2) is 18.2 Å². The van der Waals surface area contributed by atoms with Crippen molar-refractivity contribution in [2.45, 2.75) is 32.7 Å². The van der Waals surface area contributed by atoms with Gasteiger partial charge < -0.3 is 16.0 Å². The summed E-state index contributed by atoms with van der Waals surface area (Å²) < 4.78 is 2.03. The minimum Gasteiger partial charge on any atom is -0.399 e. The van der Waals surface area contributed by atoms with Crippen molar-refractivity contribution >= 4 is 22.6 Å². The fourth-order valence-corrected chi connectivity index (χ4v) is 2.49. The Morgan fingerprint density at radius 3 is 2.72 bits per heavy atom. The molecule has 1 heterocycles. The molecule has 1 amide bonds. The molecule has 96 valence electrons. The van der Waals surface area contributed by atoms with E-state index in [9.17, 15) is 4.79 Å². The van der Waals surface area contributed by atoms with Gasteiger partial charge in [0.15, 0.2) is 0 Å². The largest absolute Gasteiger partial charge is 0.399 e. The lowest BCUT2D eigenvalue weighted by atomic mass is 9.99. The number of imidazole rings is 1. The number of amides is 1. The maximum Gasteiger partial charge on any atom is 0.219 e. The summed E-state index contributed by atoms with van der Waals surface area (Å²) in [6.07, 6.45) is 0.268. The molecule has 0 aliphatic heterocycles. The Morgan fingerprint density at radius 2 is 2.11 bits per heavy atom. The molecule has 0 spiro atoms. The first kappa shape index (κ1) is 12.4. The van der Waals surface area contributed by atoms with Gasteiger partial charge in [0.1, 0.15) is 5.82 Å². The summed E-state index contributed by atoms with van der Waals surface area (Å²) in [7, 11) is 0. The first-order valence-electron chi connectivity index (χ1n) is 5.84. The van der Waals surface area contributed by atoms with Crippen LogP contribution in [0.4, 0.5) is 5.69 Å². The molecule has 0 bridgehead atoms. The predicted octanol–water partition coefficient (Wildman–Crippen LogP) is 1.54. The van der Waals surface area contributed by atoms with Gasteiger partial charge >= 0.3 is 0 Å². The summed E-state index contributed by atoms with van der Waals surface area (Å²) in [4.78, 5) is 15.7. The molecule has 18 heavy (non-hydrogen) atoms. The molecular weight excluding hydrogens is 228 g/mol. The third kappa shape index (κ3) is 2.03. The van der Waals surface area contributed by atoms with E-state index in [2.05, 4.69) is 4.98 Å². The molecule has 2 rings (SSSR count). The van der Waals surface area contributed by atoms with E-state index in [1.807, 2.05) is 43.5 Å². The van der Waals surface area contributed by atoms with Gasteiger partial charge in [-0.05, 0) is 39.0 Å². The van der Waals surface area contributed by atoms with Gasteiger partial charge in [-0.15, -0.1) is 0 Å². The number of fused-ring (bicyclic) bond motifs is 1. The molecule has 5 nitrogen and oxygen atoms in total. The topological polar surface area (TPSA) is 86.9 Å². The van der Waals surface area contributed by atoms with E-state index in [1.165, 1.54) is 0 Å². The minimum absolute atomic E-state index is 0.268. The van der Waals surface area contributed by atoms with Crippen molar-refractivity contribution in [1.29, 1.82) is 0 Å². The van der Waals surface area contributed by atoms with Crippen LogP contribution < -0.4 is 11.5 Å². The van der Waals surface area contributed by atoms with Gasteiger partial charge in [-0.3, -0.25) is 4.79 Å². The van der Waals surface area contributed by atoms with Crippen LogP contribution in [-0.4, -0.2) is 15.5 Å². The van der Waals surface area contributed by atoms with Gasteiger partial charge in [0, 0.05) is 17.6 Å². The molecule has 0 atom stereocenters. The fourth-order valence-electron chi connectivity index (χ4n) is 2.49. The van der Waals surface area contributed by atoms with Gasteiger partial charge in [-0.25, -0.2) is 4.98 Å². The van der Waals surface area contributed by atoms with Crippen molar-refractivity contribution in [1.82, 2.24) is 9.55 Å². The fraction of sp³-hybridized carbons (Fsp3) is 0.385. The van der Waals surface area contributed by atoms with E-state index >= 15 is 0 Å². The summed E-state index contributed by atoms with van der Waals surface area (Å²) >= 11 is 0. The average molecular weight is 246 g/mol. The number of primary amides is 1. The van der Waals surface area contributed by atoms with Crippen molar-refractivity contribution in [2.75, 3.05) is 5.73 Å². The highest BCUT2D eigenvalue weighted by Crippen LogP contribution is 2.28. The van der Waals surface area contributed by atoms with Crippen LogP contribution in [0.2, 0.25) is 0 Å². The number of carbonyl (C=O) groups is 1. The van der Waals surface area contributed by atoms with Crippen LogP contribution in [0.25, 0.3) is 11.0 Å². The maximum atomic E-state index is 11.2. The molecule has 0 aliphatic rings. The number of aryl methyl sites for hydroxylation is 1. The Bertz CT molecular complexity index is 613. The lowest BCUT2D eigenvalue weighted by Gasteiger charge is -2.27. The predicted molar refractivity (Wildman–Crippen MR) is 72.0 cm³/mol. The lowest BCUT2D eigenvalue weighted by Crippen LogP contribution is -2.32. The van der Waals surface area contributed by atoms with E-state index in [0.29, 0.717) is 5.69 Å². The number of nitrogens with zero attached hydrogens (tertiary/aromatic N) is 2. The number of hydrogen-bond acceptors (Lipinski definition) is 3. The van der Waals surface area contributed by atoms with Gasteiger partial charge in [-0.1, -0.05) is 0 Å². The van der Waals surface area contributed by atoms with Crippen LogP contribution in [0.3, 0.4) is 0 Å². The highest BCUT2D eigenvalue weighted by molar-refractivity contribution is 5.81. The van der Waals surface area contributed by atoms with Gasteiger partial charge in [0.05, 0.1) is 11.0 Å². The number of nitrogen functional groups attached to an aromatic ring is 1. The molecule has 0 saturated carbocycles. The third-order valence-corrected chi connectivity index (χ3v) is 3.06. The number of carbonyl (C=O) groups excluding carboxylic acids is 1. The molecule has 1 aromatic heterocycles. The quantitative estimate of drug-likeness (QED) is 0.805. The number of nitrogens with two attached hydrogens (primary N) is 2. The normalized spacial score (nSPS) is 11.9. The number of hydrogen-bond donors (Lipinski definition) is 2. The van der Waals surface area contributed by atoms with Crippen molar-refractivity contribution in [2.24, 2.45) is 5.73 Å². The Balaban J connectivity index is 2.63. The molecule has 1 aromatic carbocycles. The maximum absolute atomic E-state index is 11.2. The van der Waals surface area contributed by atoms with Crippen molar-refractivity contribution in [3.05, 3.63) is 24.0 Å². The zero-order valence-electron chi connectivity index (χ0n) is 10.9. The SMILES string of the molecule is Cc1nc2cc(N)ccc2n1C(C)(C)CC(N)=O. The van der Waals surface area contributed by atoms with Crippen LogP contribution in [0.5, 0.6) is 0 Å². The second-order valence-electron chi connectivity index (χ2n) is 5.20. The highest BCUT2D eigenvalue weighted by Gasteiger charge is 2.26. The Morgan fingerprint density at radius 1 is 1.44 bits per heavy atom. The minimum atomic E-state index is -0.402. The molecule has 0 radical (unpaired) electrons. The molecule has 0 unspecified atom stereocenters. The Labute approximate surface area is 106 Å². The van der Waals surface area contributed by atoms with Gasteiger partial charge in [-0.2, -0.15) is 0 Å². The van der Waals surface area contributed by atoms with Crippen molar-refractivity contribution in [3.8, 4) is 0 Å². The van der Waals surface area contributed by atoms with E-state index in [1.54, 1.807) is 0 Å². The number of aromatic nitrogens is 2. The monoisotopic (exact) mass is 246 g/mol. The van der Waals surface area contributed by atoms with E-state index in [4.69, 9.17) is 11.5 Å². The van der Waals surface area contributed by atoms with Crippen molar-refractivity contribution < 1.29 is 4.79 Å². The van der Waals surface area contributed by atoms with E-state index < -0.39 is 5.54 Å². The first-order valence-corrected chi connectivity index (χ1v) is 5.84. The van der Waals surface area contributed by atoms with Gasteiger partial charge in [0.2, 0.25) is 5.91 Å². The summed E-state index contributed by atoms with van der Waals surface area (Å²) in [6, 6.07) is 5.59. The average Bonchev–Trinajstić information content (AvgIpc) is 2.51. The molecule has 0 saturated heterocycles. The summed E-state index contributed by atoms with van der Waals surface area (Å²) in [5.41, 5.74) is 13.1. The zero-order valence-corrected chi connectivity index (χ0v) is 10.9. The number of rotatable bonds is 3. The van der Waals surface area contributed by atoms with Gasteiger partial charge in [0.25, 0.3) is 0 Å². The molecule has 2 aromatic rings. The molecule has 5 heteroatoms. The molecule has 4 N–H and O–H groups in total. The second kappa shape index (κ2) is 4.01. The third-order valence-electron chi connectivity index (χ3n) is 3.06. The lowest BCUT2D eigenvalue weighted by molar-refractivity contribution is -0.119. The number of anilines is 1. The molecule has 0 fully saturated rings. The van der Waals surface area contributed by atoms with Crippen LogP contribution in [0.1, 0.15) is 26.1 Å². The Kier molecular flexibility index (Phi) is 2.77. The first-order chi connectivity index (χ1) is 8.31. The second-order valence-corrected chi connectivity index (χ2v) is 5.20. The standard InChI is InChI=1S/C13H18N4O/c1-8-16-10-6-9(14)4-5-11(10)17(8)13(2,3)7-12(15)18/h4-6H,7,14H2,1-3H3,(H2,15,18). The molecule has 0 aliphatic carbocycles. The van der Waals surface area contributed by atoms with Crippen LogP contribution >= 0.6 is 0 Å².